The van der Waals surface area contributed by atoms with Crippen LogP contribution in [0.4, 0.5) is 4.39 Å². The van der Waals surface area contributed by atoms with Crippen molar-refractivity contribution in [2.45, 2.75) is 13.3 Å². The highest BCUT2D eigenvalue weighted by Crippen LogP contribution is 2.20. The van der Waals surface area contributed by atoms with Crippen molar-refractivity contribution in [1.29, 1.82) is 0 Å². The van der Waals surface area contributed by atoms with Gasteiger partial charge in [0.05, 0.1) is 0 Å². The highest BCUT2D eigenvalue weighted by atomic mass is 35.5. The van der Waals surface area contributed by atoms with Crippen molar-refractivity contribution in [1.82, 2.24) is 4.90 Å². The van der Waals surface area contributed by atoms with Gasteiger partial charge in [0, 0.05) is 23.9 Å². The summed E-state index contributed by atoms with van der Waals surface area (Å²) in [7, 11) is 2.02. The van der Waals surface area contributed by atoms with Crippen LogP contribution in [0.2, 0.25) is 5.02 Å². The van der Waals surface area contributed by atoms with Crippen LogP contribution in [0.5, 0.6) is 0 Å². The van der Waals surface area contributed by atoms with Gasteiger partial charge in [-0.1, -0.05) is 11.6 Å². The van der Waals surface area contributed by atoms with Gasteiger partial charge in [0.2, 0.25) is 0 Å². The molecule has 0 saturated heterocycles. The van der Waals surface area contributed by atoms with E-state index in [1.165, 1.54) is 6.07 Å². The lowest BCUT2D eigenvalue weighted by Gasteiger charge is -2.15. The summed E-state index contributed by atoms with van der Waals surface area (Å²) in [5.74, 6) is 0.642. The van der Waals surface area contributed by atoms with Crippen molar-refractivity contribution in [2.75, 3.05) is 25.9 Å². The maximum atomic E-state index is 13.3. The number of hydrogen-bond donors (Lipinski definition) is 1. The van der Waals surface area contributed by atoms with E-state index < -0.39 is 0 Å². The molecule has 0 amide bonds. The smallest absolute Gasteiger partial charge is 0.126 e. The van der Waals surface area contributed by atoms with E-state index in [0.29, 0.717) is 10.6 Å². The van der Waals surface area contributed by atoms with Gasteiger partial charge in [-0.25, -0.2) is 4.39 Å². The van der Waals surface area contributed by atoms with Crippen molar-refractivity contribution in [3.63, 3.8) is 0 Å². The molecule has 0 unspecified atom stereocenters. The van der Waals surface area contributed by atoms with E-state index in [4.69, 9.17) is 11.6 Å². The van der Waals surface area contributed by atoms with Gasteiger partial charge in [-0.15, -0.1) is 0 Å². The van der Waals surface area contributed by atoms with Crippen LogP contribution >= 0.6 is 24.2 Å². The lowest BCUT2D eigenvalue weighted by molar-refractivity contribution is 0.360. The molecule has 1 rings (SSSR count). The molecular weight excluding hydrogens is 245 g/mol. The molecule has 0 radical (unpaired) electrons. The van der Waals surface area contributed by atoms with Crippen molar-refractivity contribution in [2.24, 2.45) is 0 Å². The van der Waals surface area contributed by atoms with Gasteiger partial charge < -0.3 is 4.90 Å². The third-order valence-corrected chi connectivity index (χ3v) is 3.12. The Kier molecular flexibility index (Phi) is 5.59. The summed E-state index contributed by atoms with van der Waals surface area (Å²) in [4.78, 5) is 2.15. The molecule has 0 fully saturated rings. The number of hydrogen-bond acceptors (Lipinski definition) is 2. The second-order valence-electron chi connectivity index (χ2n) is 3.97. The fourth-order valence-electron chi connectivity index (χ4n) is 1.47. The van der Waals surface area contributed by atoms with Gasteiger partial charge in [0.15, 0.2) is 0 Å². The third-order valence-electron chi connectivity index (χ3n) is 2.57. The van der Waals surface area contributed by atoms with Crippen LogP contribution in [-0.2, 0) is 6.42 Å². The molecule has 0 spiro atoms. The molecule has 4 heteroatoms. The van der Waals surface area contributed by atoms with Gasteiger partial charge in [-0.3, -0.25) is 0 Å². The average molecular weight is 262 g/mol. The van der Waals surface area contributed by atoms with Crippen molar-refractivity contribution < 1.29 is 4.39 Å². The zero-order valence-electron chi connectivity index (χ0n) is 9.63. The summed E-state index contributed by atoms with van der Waals surface area (Å²) in [6, 6.07) is 3.22. The quantitative estimate of drug-likeness (QED) is 0.797. The Bertz CT molecular complexity index is 357. The van der Waals surface area contributed by atoms with E-state index in [2.05, 4.69) is 17.5 Å². The fourth-order valence-corrected chi connectivity index (χ4v) is 2.13. The van der Waals surface area contributed by atoms with Gasteiger partial charge >= 0.3 is 0 Å². The lowest BCUT2D eigenvalue weighted by atomic mass is 10.1. The fraction of sp³-hybridized carbons (Fsp3) is 0.500. The summed E-state index contributed by atoms with van der Waals surface area (Å²) in [6.45, 7) is 3.51. The average Bonchev–Trinajstić information content (AvgIpc) is 2.22. The largest absolute Gasteiger partial charge is 0.305 e. The Morgan fingerprint density at radius 2 is 2.06 bits per heavy atom. The molecule has 0 atom stereocenters. The summed E-state index contributed by atoms with van der Waals surface area (Å²) >= 11 is 10.2. The molecule has 0 aliphatic carbocycles. The second-order valence-corrected chi connectivity index (χ2v) is 4.82. The zero-order chi connectivity index (χ0) is 12.1. The molecule has 0 aliphatic rings. The van der Waals surface area contributed by atoms with Crippen LogP contribution in [0, 0.1) is 12.7 Å². The molecule has 0 bridgehead atoms. The Balaban J connectivity index is 2.63. The summed E-state index contributed by atoms with van der Waals surface area (Å²) < 4.78 is 13.3. The minimum atomic E-state index is -0.184. The minimum Gasteiger partial charge on any atom is -0.305 e. The topological polar surface area (TPSA) is 3.24 Å². The number of aryl methyl sites for hydroxylation is 1. The van der Waals surface area contributed by atoms with E-state index in [1.807, 2.05) is 7.05 Å². The molecule has 1 aromatic rings. The van der Waals surface area contributed by atoms with Gasteiger partial charge in [0.25, 0.3) is 0 Å². The van der Waals surface area contributed by atoms with Gasteiger partial charge in [-0.2, -0.15) is 12.6 Å². The Morgan fingerprint density at radius 3 is 2.69 bits per heavy atom. The van der Waals surface area contributed by atoms with E-state index in [-0.39, 0.29) is 5.82 Å². The second kappa shape index (κ2) is 6.48. The normalized spacial score (nSPS) is 11.1. The monoisotopic (exact) mass is 261 g/mol. The van der Waals surface area contributed by atoms with E-state index >= 15 is 0 Å². The highest BCUT2D eigenvalue weighted by molar-refractivity contribution is 7.80. The molecule has 1 aromatic carbocycles. The van der Waals surface area contributed by atoms with Crippen LogP contribution in [0.3, 0.4) is 0 Å². The Labute approximate surface area is 107 Å². The molecule has 0 saturated carbocycles. The Morgan fingerprint density at radius 1 is 1.38 bits per heavy atom. The van der Waals surface area contributed by atoms with E-state index in [9.17, 15) is 4.39 Å². The van der Waals surface area contributed by atoms with E-state index in [1.54, 1.807) is 13.0 Å². The van der Waals surface area contributed by atoms with Crippen molar-refractivity contribution >= 4 is 24.2 Å². The number of benzene rings is 1. The summed E-state index contributed by atoms with van der Waals surface area (Å²) in [5.41, 5.74) is 1.47. The number of likely N-dealkylation sites (N-methyl/N-ethyl adjacent to an activating group) is 1. The maximum Gasteiger partial charge on any atom is 0.126 e. The SMILES string of the molecule is Cc1cc(Cl)c(CCN(C)CCS)cc1F. The summed E-state index contributed by atoms with van der Waals surface area (Å²) in [6.07, 6.45) is 0.764. The molecular formula is C12H17ClFNS. The standard InChI is InChI=1S/C12H17ClFNS/c1-9-7-11(13)10(8-12(9)14)3-4-15(2)5-6-16/h7-8,16H,3-6H2,1-2H3. The first-order valence-electron chi connectivity index (χ1n) is 5.28. The lowest BCUT2D eigenvalue weighted by Crippen LogP contribution is -2.23. The van der Waals surface area contributed by atoms with Crippen LogP contribution in [0.15, 0.2) is 12.1 Å². The first-order chi connectivity index (χ1) is 7.54. The van der Waals surface area contributed by atoms with Gasteiger partial charge in [0.1, 0.15) is 5.82 Å². The van der Waals surface area contributed by atoms with Crippen molar-refractivity contribution in [3.8, 4) is 0 Å². The van der Waals surface area contributed by atoms with Crippen LogP contribution in [0.1, 0.15) is 11.1 Å². The first kappa shape index (κ1) is 13.8. The van der Waals surface area contributed by atoms with Crippen LogP contribution in [0.25, 0.3) is 0 Å². The van der Waals surface area contributed by atoms with Gasteiger partial charge in [-0.05, 0) is 43.7 Å². The zero-order valence-corrected chi connectivity index (χ0v) is 11.3. The number of rotatable bonds is 5. The molecule has 0 aliphatic heterocycles. The maximum absolute atomic E-state index is 13.3. The predicted octanol–water partition coefficient (Wildman–Crippen LogP) is 3.19. The first-order valence-corrected chi connectivity index (χ1v) is 6.29. The number of thiol groups is 1. The minimum absolute atomic E-state index is 0.184. The highest BCUT2D eigenvalue weighted by Gasteiger charge is 2.06. The molecule has 90 valence electrons. The molecule has 0 heterocycles. The number of halogens is 2. The Hall–Kier alpha value is -0.250. The number of nitrogens with zero attached hydrogens (tertiary/aromatic N) is 1. The van der Waals surface area contributed by atoms with Crippen LogP contribution < -0.4 is 0 Å². The molecule has 0 aromatic heterocycles. The summed E-state index contributed by atoms with van der Waals surface area (Å²) in [5, 5.41) is 0.651. The molecule has 16 heavy (non-hydrogen) atoms. The predicted molar refractivity (Wildman–Crippen MR) is 71.2 cm³/mol. The van der Waals surface area contributed by atoms with Crippen molar-refractivity contribution in [3.05, 3.63) is 34.1 Å². The molecule has 1 nitrogen and oxygen atoms in total. The van der Waals surface area contributed by atoms with E-state index in [0.717, 1.165) is 30.8 Å². The third kappa shape index (κ3) is 3.96. The molecule has 0 N–H and O–H groups in total. The van der Waals surface area contributed by atoms with Crippen LogP contribution in [-0.4, -0.2) is 30.8 Å².